The van der Waals surface area contributed by atoms with Crippen molar-refractivity contribution >= 4 is 11.6 Å². The van der Waals surface area contributed by atoms with Gasteiger partial charge in [0.05, 0.1) is 0 Å². The van der Waals surface area contributed by atoms with E-state index in [9.17, 15) is 9.59 Å². The van der Waals surface area contributed by atoms with E-state index < -0.39 is 0 Å². The van der Waals surface area contributed by atoms with Gasteiger partial charge in [-0.2, -0.15) is 0 Å². The third-order valence-corrected chi connectivity index (χ3v) is 1.85. The molecule has 0 aromatic carbocycles. The first-order valence-corrected chi connectivity index (χ1v) is 5.65. The van der Waals surface area contributed by atoms with Crippen LogP contribution in [-0.4, -0.2) is 11.6 Å². The Morgan fingerprint density at radius 3 is 0.889 bits per heavy atom. The summed E-state index contributed by atoms with van der Waals surface area (Å²) < 4.78 is 0. The summed E-state index contributed by atoms with van der Waals surface area (Å²) in [7, 11) is 0. The monoisotopic (exact) mass is 264 g/mol. The summed E-state index contributed by atoms with van der Waals surface area (Å²) in [5, 5.41) is 0. The number of carbonyl (C=O) groups is 2. The standard InChI is InChI=1S/2C6H12O.4CH4/c2*1-3-5-6(7)4-2;;;;/h2*3-5H2,1-2H3;4*1H4. The predicted molar refractivity (Wildman–Crippen MR) is 87.3 cm³/mol. The van der Waals surface area contributed by atoms with Gasteiger partial charge in [-0.25, -0.2) is 0 Å². The third-order valence-electron chi connectivity index (χ3n) is 1.85. The van der Waals surface area contributed by atoms with Crippen LogP contribution in [0, 0.1) is 0 Å². The summed E-state index contributed by atoms with van der Waals surface area (Å²) in [5.74, 6) is 0.755. The molecule has 0 amide bonds. The van der Waals surface area contributed by atoms with Crippen LogP contribution < -0.4 is 0 Å². The van der Waals surface area contributed by atoms with Crippen LogP contribution >= 0.6 is 0 Å². The number of hydrogen-bond donors (Lipinski definition) is 0. The molecule has 0 bridgehead atoms. The molecule has 2 heteroatoms. The molecule has 0 rings (SSSR count). The molecule has 0 aromatic rings. The summed E-state index contributed by atoms with van der Waals surface area (Å²) in [6, 6.07) is 0. The Morgan fingerprint density at radius 2 is 0.833 bits per heavy atom. The van der Waals surface area contributed by atoms with Gasteiger partial charge in [0.15, 0.2) is 0 Å². The lowest BCUT2D eigenvalue weighted by Crippen LogP contribution is -1.91. The number of ketones is 2. The molecule has 116 valence electrons. The fourth-order valence-electron chi connectivity index (χ4n) is 0.911. The third kappa shape index (κ3) is 36.2. The van der Waals surface area contributed by atoms with Gasteiger partial charge in [0, 0.05) is 25.7 Å². The molecule has 0 aliphatic heterocycles. The Morgan fingerprint density at radius 1 is 0.611 bits per heavy atom. The van der Waals surface area contributed by atoms with E-state index in [1.807, 2.05) is 27.7 Å². The molecule has 0 aliphatic rings. The number of hydrogen-bond acceptors (Lipinski definition) is 2. The topological polar surface area (TPSA) is 34.1 Å². The van der Waals surface area contributed by atoms with Crippen molar-refractivity contribution in [2.45, 2.75) is 95.9 Å². The smallest absolute Gasteiger partial charge is 0.132 e. The van der Waals surface area contributed by atoms with Crippen LogP contribution in [0.4, 0.5) is 0 Å². The van der Waals surface area contributed by atoms with Gasteiger partial charge in [0.25, 0.3) is 0 Å². The minimum Gasteiger partial charge on any atom is -0.300 e. The van der Waals surface area contributed by atoms with Crippen LogP contribution in [0.15, 0.2) is 0 Å². The highest BCUT2D eigenvalue weighted by atomic mass is 16.1. The molecule has 2 nitrogen and oxygen atoms in total. The Bertz CT molecular complexity index is 133. The van der Waals surface area contributed by atoms with Gasteiger partial charge in [0.2, 0.25) is 0 Å². The molecule has 0 radical (unpaired) electrons. The molecule has 18 heavy (non-hydrogen) atoms. The van der Waals surface area contributed by atoms with E-state index in [-0.39, 0.29) is 29.7 Å². The summed E-state index contributed by atoms with van der Waals surface area (Å²) in [6.07, 6.45) is 4.91. The fourth-order valence-corrected chi connectivity index (χ4v) is 0.911. The Balaban J connectivity index is -0.0000000327. The fraction of sp³-hybridized carbons (Fsp3) is 0.875. The van der Waals surface area contributed by atoms with Gasteiger partial charge in [-0.1, -0.05) is 57.4 Å². The number of Topliss-reactive ketones (excluding diaryl/α,β-unsaturated/α-hetero) is 2. The van der Waals surface area contributed by atoms with Crippen LogP contribution in [0.5, 0.6) is 0 Å². The van der Waals surface area contributed by atoms with Crippen molar-refractivity contribution in [1.82, 2.24) is 0 Å². The van der Waals surface area contributed by atoms with E-state index in [1.165, 1.54) is 0 Å². The van der Waals surface area contributed by atoms with E-state index in [4.69, 9.17) is 0 Å². The van der Waals surface area contributed by atoms with Crippen LogP contribution in [0.25, 0.3) is 0 Å². The zero-order valence-electron chi connectivity index (χ0n) is 10.1. The minimum absolute atomic E-state index is 0. The first-order valence-electron chi connectivity index (χ1n) is 5.65. The molecular weight excluding hydrogens is 224 g/mol. The van der Waals surface area contributed by atoms with Gasteiger partial charge >= 0.3 is 0 Å². The van der Waals surface area contributed by atoms with Crippen LogP contribution in [0.1, 0.15) is 95.9 Å². The summed E-state index contributed by atoms with van der Waals surface area (Å²) in [6.45, 7) is 7.84. The Kier molecular flexibility index (Phi) is 59.8. The van der Waals surface area contributed by atoms with Crippen LogP contribution in [0.2, 0.25) is 0 Å². The average molecular weight is 264 g/mol. The molecule has 0 aromatic heterocycles. The lowest BCUT2D eigenvalue weighted by Gasteiger charge is -1.87. The average Bonchev–Trinajstić information content (AvgIpc) is 2.19. The van der Waals surface area contributed by atoms with Crippen LogP contribution in [-0.2, 0) is 9.59 Å². The van der Waals surface area contributed by atoms with Crippen molar-refractivity contribution in [1.29, 1.82) is 0 Å². The van der Waals surface area contributed by atoms with E-state index in [1.54, 1.807) is 0 Å². The first kappa shape index (κ1) is 36.0. The SMILES string of the molecule is C.C.C.C.CCCC(=O)CC.CCCC(=O)CC. The maximum atomic E-state index is 10.4. The van der Waals surface area contributed by atoms with Crippen LogP contribution in [0.3, 0.4) is 0 Å². The van der Waals surface area contributed by atoms with Crippen molar-refractivity contribution in [2.24, 2.45) is 0 Å². The molecule has 0 fully saturated rings. The Labute approximate surface area is 118 Å². The van der Waals surface area contributed by atoms with Gasteiger partial charge < -0.3 is 0 Å². The zero-order valence-corrected chi connectivity index (χ0v) is 10.1. The lowest BCUT2D eigenvalue weighted by molar-refractivity contribution is -0.119. The normalized spacial score (nSPS) is 6.89. The maximum Gasteiger partial charge on any atom is 0.132 e. The van der Waals surface area contributed by atoms with Crippen molar-refractivity contribution in [3.05, 3.63) is 0 Å². The second kappa shape index (κ2) is 29.9. The first-order chi connectivity index (χ1) is 6.62. The summed E-state index contributed by atoms with van der Waals surface area (Å²) >= 11 is 0. The molecule has 0 saturated heterocycles. The highest BCUT2D eigenvalue weighted by Crippen LogP contribution is 1.91. The van der Waals surface area contributed by atoms with E-state index >= 15 is 0 Å². The number of carbonyl (C=O) groups excluding carboxylic acids is 2. The quantitative estimate of drug-likeness (QED) is 0.583. The highest BCUT2D eigenvalue weighted by molar-refractivity contribution is 5.78. The molecule has 0 atom stereocenters. The molecule has 0 N–H and O–H groups in total. The van der Waals surface area contributed by atoms with Crippen molar-refractivity contribution in [3.8, 4) is 0 Å². The van der Waals surface area contributed by atoms with Crippen molar-refractivity contribution < 1.29 is 9.59 Å². The molecule has 0 unspecified atom stereocenters. The molecular formula is C16H40O2. The summed E-state index contributed by atoms with van der Waals surface area (Å²) in [4.78, 5) is 20.8. The Hall–Kier alpha value is -0.660. The zero-order chi connectivity index (χ0) is 11.4. The van der Waals surface area contributed by atoms with Crippen molar-refractivity contribution in [3.63, 3.8) is 0 Å². The predicted octanol–water partition coefficient (Wildman–Crippen LogP) is 6.08. The lowest BCUT2D eigenvalue weighted by atomic mass is 10.2. The molecule has 0 spiro atoms. The van der Waals surface area contributed by atoms with E-state index in [0.29, 0.717) is 24.4 Å². The van der Waals surface area contributed by atoms with Gasteiger partial charge in [-0.15, -0.1) is 0 Å². The molecule has 0 heterocycles. The number of rotatable bonds is 6. The maximum absolute atomic E-state index is 10.4. The van der Waals surface area contributed by atoms with Crippen molar-refractivity contribution in [2.75, 3.05) is 0 Å². The van der Waals surface area contributed by atoms with Gasteiger partial charge in [-0.05, 0) is 12.8 Å². The molecule has 0 aliphatic carbocycles. The largest absolute Gasteiger partial charge is 0.300 e. The minimum atomic E-state index is 0. The molecule has 0 saturated carbocycles. The van der Waals surface area contributed by atoms with Gasteiger partial charge in [-0.3, -0.25) is 9.59 Å². The van der Waals surface area contributed by atoms with Gasteiger partial charge in [0.1, 0.15) is 11.6 Å². The van der Waals surface area contributed by atoms with E-state index in [2.05, 4.69) is 0 Å². The summed E-state index contributed by atoms with van der Waals surface area (Å²) in [5.41, 5.74) is 0. The van der Waals surface area contributed by atoms with E-state index in [0.717, 1.165) is 25.7 Å². The second-order valence-corrected chi connectivity index (χ2v) is 3.28. The second-order valence-electron chi connectivity index (χ2n) is 3.28. The highest BCUT2D eigenvalue weighted by Gasteiger charge is 1.91.